The lowest BCUT2D eigenvalue weighted by Gasteiger charge is -2.19. The Kier molecular flexibility index (Phi) is 6.09. The smallest absolute Gasteiger partial charge is 0.475 e. The number of nitrogens with one attached hydrogen (secondary N) is 3. The Morgan fingerprint density at radius 2 is 2.11 bits per heavy atom. The average molecular weight is 414 g/mol. The maximum absolute atomic E-state index is 10.6. The van der Waals surface area contributed by atoms with Crippen molar-refractivity contribution in [2.24, 2.45) is 0 Å². The molecule has 0 bridgehead atoms. The van der Waals surface area contributed by atoms with Crippen LogP contribution in [0.15, 0.2) is 24.4 Å². The van der Waals surface area contributed by atoms with E-state index >= 15 is 0 Å². The predicted octanol–water partition coefficient (Wildman–Crippen LogP) is 3.26. The number of carboxylic acids is 1. The molecule has 1 atom stereocenters. The van der Waals surface area contributed by atoms with E-state index in [1.54, 1.807) is 11.3 Å². The minimum absolute atomic E-state index is 0.503. The monoisotopic (exact) mass is 414 g/mol. The molecular formula is C16H17F3N6O2S. The number of nitrogens with zero attached hydrogens (tertiary/aromatic N) is 3. The normalized spacial score (nSPS) is 17.0. The number of anilines is 2. The topological polar surface area (TPSA) is 116 Å². The molecule has 1 saturated heterocycles. The van der Waals surface area contributed by atoms with Crippen LogP contribution < -0.4 is 10.6 Å². The van der Waals surface area contributed by atoms with Gasteiger partial charge in [0.05, 0.1) is 11.7 Å². The van der Waals surface area contributed by atoms with Gasteiger partial charge < -0.3 is 15.7 Å². The molecule has 0 spiro atoms. The lowest BCUT2D eigenvalue weighted by atomic mass is 10.0. The zero-order valence-electron chi connectivity index (χ0n) is 14.5. The van der Waals surface area contributed by atoms with Gasteiger partial charge in [-0.15, -0.1) is 10.2 Å². The van der Waals surface area contributed by atoms with Crippen molar-refractivity contribution in [2.45, 2.75) is 24.9 Å². The van der Waals surface area contributed by atoms with Crippen LogP contribution in [0.5, 0.6) is 0 Å². The van der Waals surface area contributed by atoms with Crippen molar-refractivity contribution in [3.8, 4) is 0 Å². The molecule has 0 saturated carbocycles. The Labute approximate surface area is 161 Å². The second-order valence-corrected chi connectivity index (χ2v) is 7.10. The molecule has 4 rings (SSSR count). The van der Waals surface area contributed by atoms with E-state index in [-0.39, 0.29) is 0 Å². The Morgan fingerprint density at radius 1 is 1.32 bits per heavy atom. The number of aliphatic carboxylic acids is 1. The van der Waals surface area contributed by atoms with Gasteiger partial charge >= 0.3 is 12.1 Å². The third-order valence-corrected chi connectivity index (χ3v) is 5.02. The summed E-state index contributed by atoms with van der Waals surface area (Å²) in [6, 6.07) is 6.09. The molecule has 1 aromatic carbocycles. The second-order valence-electron chi connectivity index (χ2n) is 6.09. The molecule has 12 heteroatoms. The predicted molar refractivity (Wildman–Crippen MR) is 97.8 cm³/mol. The van der Waals surface area contributed by atoms with Crippen LogP contribution in [0.4, 0.5) is 24.0 Å². The summed E-state index contributed by atoms with van der Waals surface area (Å²) in [5.41, 5.74) is 2.04. The molecule has 1 fully saturated rings. The first-order valence-corrected chi connectivity index (χ1v) is 9.19. The maximum atomic E-state index is 10.6. The van der Waals surface area contributed by atoms with Gasteiger partial charge in [-0.2, -0.15) is 18.3 Å². The first-order chi connectivity index (χ1) is 13.3. The number of H-pyrrole nitrogens is 1. The Hall–Kier alpha value is -2.73. The van der Waals surface area contributed by atoms with Crippen molar-refractivity contribution in [1.82, 2.24) is 25.7 Å². The Morgan fingerprint density at radius 3 is 2.79 bits per heavy atom. The molecule has 8 nitrogen and oxygen atoms in total. The summed E-state index contributed by atoms with van der Waals surface area (Å²) in [4.78, 5) is 8.90. The van der Waals surface area contributed by atoms with Gasteiger partial charge in [0.2, 0.25) is 5.13 Å². The van der Waals surface area contributed by atoms with Crippen LogP contribution in [0, 0.1) is 0 Å². The van der Waals surface area contributed by atoms with Gasteiger partial charge in [0.1, 0.15) is 5.01 Å². The van der Waals surface area contributed by atoms with Gasteiger partial charge in [0.15, 0.2) is 0 Å². The van der Waals surface area contributed by atoms with Crippen LogP contribution in [0.1, 0.15) is 23.8 Å². The van der Waals surface area contributed by atoms with E-state index in [2.05, 4.69) is 37.1 Å². The quantitative estimate of drug-likeness (QED) is 0.520. The van der Waals surface area contributed by atoms with E-state index in [4.69, 9.17) is 9.90 Å². The summed E-state index contributed by atoms with van der Waals surface area (Å²) >= 11 is 1.64. The van der Waals surface area contributed by atoms with Gasteiger partial charge in [0.25, 0.3) is 0 Å². The van der Waals surface area contributed by atoms with Gasteiger partial charge in [0, 0.05) is 23.5 Å². The van der Waals surface area contributed by atoms with Crippen molar-refractivity contribution in [3.05, 3.63) is 29.4 Å². The minimum Gasteiger partial charge on any atom is -0.475 e. The van der Waals surface area contributed by atoms with E-state index in [1.807, 2.05) is 18.3 Å². The zero-order chi connectivity index (χ0) is 20.1. The number of fused-ring (bicyclic) bond motifs is 1. The lowest BCUT2D eigenvalue weighted by Crippen LogP contribution is -2.28. The van der Waals surface area contributed by atoms with Gasteiger partial charge in [-0.25, -0.2) is 4.79 Å². The third kappa shape index (κ3) is 5.16. The number of halogens is 3. The number of carbonyl (C=O) groups is 1. The molecule has 3 aromatic rings. The third-order valence-electron chi connectivity index (χ3n) is 4.02. The highest BCUT2D eigenvalue weighted by Gasteiger charge is 2.38. The van der Waals surface area contributed by atoms with Crippen molar-refractivity contribution in [1.29, 1.82) is 0 Å². The van der Waals surface area contributed by atoms with Crippen molar-refractivity contribution in [2.75, 3.05) is 18.4 Å². The van der Waals surface area contributed by atoms with Gasteiger partial charge in [-0.05, 0) is 37.6 Å². The van der Waals surface area contributed by atoms with Crippen molar-refractivity contribution < 1.29 is 23.1 Å². The van der Waals surface area contributed by atoms with Crippen LogP contribution in [0.25, 0.3) is 10.9 Å². The summed E-state index contributed by atoms with van der Waals surface area (Å²) < 4.78 is 31.7. The molecule has 0 amide bonds. The number of piperidine rings is 1. The molecule has 28 heavy (non-hydrogen) atoms. The van der Waals surface area contributed by atoms with Gasteiger partial charge in [-0.1, -0.05) is 11.3 Å². The van der Waals surface area contributed by atoms with Crippen LogP contribution in [0.2, 0.25) is 0 Å². The van der Waals surface area contributed by atoms with E-state index in [0.717, 1.165) is 39.8 Å². The SMILES string of the molecule is O=C(O)C(F)(F)F.c1cc2[nH]ncc2cc1Nc1nnc(C2CCCNC2)s1. The number of aromatic amines is 1. The fourth-order valence-corrected chi connectivity index (χ4v) is 3.55. The molecular weight excluding hydrogens is 397 g/mol. The number of carboxylic acid groups (broad SMARTS) is 1. The number of benzene rings is 1. The van der Waals surface area contributed by atoms with Crippen molar-refractivity contribution in [3.63, 3.8) is 0 Å². The highest BCUT2D eigenvalue weighted by Crippen LogP contribution is 2.30. The lowest BCUT2D eigenvalue weighted by molar-refractivity contribution is -0.192. The Balaban J connectivity index is 0.000000279. The average Bonchev–Trinajstić information content (AvgIpc) is 3.31. The van der Waals surface area contributed by atoms with Crippen LogP contribution >= 0.6 is 11.3 Å². The molecule has 0 radical (unpaired) electrons. The van der Waals surface area contributed by atoms with E-state index in [0.29, 0.717) is 5.92 Å². The molecule has 3 heterocycles. The maximum Gasteiger partial charge on any atom is 0.490 e. The van der Waals surface area contributed by atoms with Crippen LogP contribution in [-0.2, 0) is 4.79 Å². The number of hydrogen-bond donors (Lipinski definition) is 4. The summed E-state index contributed by atoms with van der Waals surface area (Å²) in [6.07, 6.45) is -0.855. The summed E-state index contributed by atoms with van der Waals surface area (Å²) in [5, 5.41) is 32.5. The molecule has 1 aliphatic rings. The number of aromatic nitrogens is 4. The first kappa shape index (κ1) is 20.0. The summed E-state index contributed by atoms with van der Waals surface area (Å²) in [5.74, 6) is -2.25. The molecule has 150 valence electrons. The molecule has 0 aliphatic carbocycles. The highest BCUT2D eigenvalue weighted by molar-refractivity contribution is 7.15. The zero-order valence-corrected chi connectivity index (χ0v) is 15.3. The molecule has 1 unspecified atom stereocenters. The number of hydrogen-bond acceptors (Lipinski definition) is 7. The highest BCUT2D eigenvalue weighted by atomic mass is 32.1. The van der Waals surface area contributed by atoms with Crippen molar-refractivity contribution >= 4 is 39.0 Å². The molecule has 2 aromatic heterocycles. The number of alkyl halides is 3. The first-order valence-electron chi connectivity index (χ1n) is 8.37. The molecule has 4 N–H and O–H groups in total. The van der Waals surface area contributed by atoms with Crippen LogP contribution in [0.3, 0.4) is 0 Å². The summed E-state index contributed by atoms with van der Waals surface area (Å²) in [7, 11) is 0. The summed E-state index contributed by atoms with van der Waals surface area (Å²) in [6.45, 7) is 2.13. The Bertz CT molecular complexity index is 936. The fraction of sp³-hybridized carbons (Fsp3) is 0.375. The number of rotatable bonds is 3. The standard InChI is InChI=1S/C14H16N6S.C2HF3O2/c1-2-9(7-15-5-1)13-19-20-14(21-13)17-11-3-4-12-10(6-11)8-16-18-12;3-2(4,5)1(6)7/h3-4,6,8-9,15H,1-2,5,7H2,(H,16,18)(H,17,20);(H,6,7). The van der Waals surface area contributed by atoms with Gasteiger partial charge in [-0.3, -0.25) is 5.10 Å². The molecule has 1 aliphatic heterocycles. The largest absolute Gasteiger partial charge is 0.490 e. The fourth-order valence-electron chi connectivity index (χ4n) is 2.66. The van der Waals surface area contributed by atoms with Crippen LogP contribution in [-0.4, -0.2) is 50.7 Å². The van der Waals surface area contributed by atoms with E-state index < -0.39 is 12.1 Å². The van der Waals surface area contributed by atoms with E-state index in [9.17, 15) is 13.2 Å². The second kappa shape index (κ2) is 8.52. The van der Waals surface area contributed by atoms with E-state index in [1.165, 1.54) is 12.8 Å². The minimum atomic E-state index is -5.08.